The minimum absolute atomic E-state index is 0.00300. The van der Waals surface area contributed by atoms with Gasteiger partial charge in [-0.1, -0.05) is 30.3 Å². The first-order valence-electron chi connectivity index (χ1n) is 10.0. The minimum Gasteiger partial charge on any atom is -0.330 e. The Morgan fingerprint density at radius 1 is 1.17 bits per heavy atom. The van der Waals surface area contributed by atoms with Gasteiger partial charge in [-0.15, -0.1) is 0 Å². The third kappa shape index (κ3) is 3.90. The quantitative estimate of drug-likeness (QED) is 0.842. The molecule has 3 atom stereocenters. The predicted molar refractivity (Wildman–Crippen MR) is 105 cm³/mol. The molecule has 1 fully saturated rings. The number of nitrogens with zero attached hydrogens (tertiary/aromatic N) is 2. The summed E-state index contributed by atoms with van der Waals surface area (Å²) in [7, 11) is 0. The number of nitrogens with two attached hydrogens (primary N) is 1. The van der Waals surface area contributed by atoms with Gasteiger partial charge >= 0.3 is 6.18 Å². The van der Waals surface area contributed by atoms with E-state index >= 15 is 0 Å². The predicted octanol–water partition coefficient (Wildman–Crippen LogP) is 4.11. The Balaban J connectivity index is 1.69. The molecule has 1 heterocycles. The maximum atomic E-state index is 13.7. The van der Waals surface area contributed by atoms with E-state index in [1.807, 2.05) is 24.3 Å². The molecule has 6 heteroatoms. The Kier molecular flexibility index (Phi) is 5.37. The molecule has 1 aliphatic heterocycles. The first kappa shape index (κ1) is 19.9. The first-order chi connectivity index (χ1) is 13.9. The van der Waals surface area contributed by atoms with Crippen LogP contribution in [0.15, 0.2) is 42.5 Å². The van der Waals surface area contributed by atoms with E-state index < -0.39 is 11.7 Å². The van der Waals surface area contributed by atoms with Crippen molar-refractivity contribution in [2.75, 3.05) is 19.6 Å². The molecule has 1 saturated heterocycles. The highest BCUT2D eigenvalue weighted by atomic mass is 19.4. The van der Waals surface area contributed by atoms with Crippen molar-refractivity contribution in [1.82, 2.24) is 4.90 Å². The number of fused-ring (bicyclic) bond motifs is 1. The average Bonchev–Trinajstić information content (AvgIpc) is 3.32. The monoisotopic (exact) mass is 399 g/mol. The van der Waals surface area contributed by atoms with Gasteiger partial charge in [0.25, 0.3) is 0 Å². The summed E-state index contributed by atoms with van der Waals surface area (Å²) >= 11 is 0. The van der Waals surface area contributed by atoms with Crippen LogP contribution in [0.3, 0.4) is 0 Å². The van der Waals surface area contributed by atoms with Crippen LogP contribution in [0.1, 0.15) is 40.2 Å². The fourth-order valence-electron chi connectivity index (χ4n) is 4.97. The van der Waals surface area contributed by atoms with Gasteiger partial charge in [-0.3, -0.25) is 4.90 Å². The van der Waals surface area contributed by atoms with Gasteiger partial charge in [-0.2, -0.15) is 18.4 Å². The van der Waals surface area contributed by atoms with Crippen LogP contribution in [0.5, 0.6) is 0 Å². The van der Waals surface area contributed by atoms with Crippen LogP contribution in [-0.2, 0) is 19.0 Å². The summed E-state index contributed by atoms with van der Waals surface area (Å²) in [6.45, 7) is 2.50. The molecular formula is C23H24F3N3. The molecule has 1 aliphatic carbocycles. The van der Waals surface area contributed by atoms with E-state index in [0.29, 0.717) is 18.9 Å². The number of likely N-dealkylation sites (tertiary alicyclic amines) is 1. The summed E-state index contributed by atoms with van der Waals surface area (Å²) in [6, 6.07) is 14.0. The fraction of sp³-hybridized carbons (Fsp3) is 0.435. The van der Waals surface area contributed by atoms with Gasteiger partial charge in [0.1, 0.15) is 0 Å². The Hall–Kier alpha value is -2.36. The highest BCUT2D eigenvalue weighted by molar-refractivity contribution is 5.44. The van der Waals surface area contributed by atoms with Crippen molar-refractivity contribution >= 4 is 0 Å². The van der Waals surface area contributed by atoms with Crippen molar-refractivity contribution in [2.45, 2.75) is 37.4 Å². The molecule has 2 aromatic rings. The summed E-state index contributed by atoms with van der Waals surface area (Å²) in [5, 5.41) is 9.03. The largest absolute Gasteiger partial charge is 0.416 e. The van der Waals surface area contributed by atoms with Crippen molar-refractivity contribution in [3.8, 4) is 6.07 Å². The number of rotatable bonds is 4. The maximum absolute atomic E-state index is 13.7. The summed E-state index contributed by atoms with van der Waals surface area (Å²) in [5.41, 5.74) is 7.83. The lowest BCUT2D eigenvalue weighted by Crippen LogP contribution is -2.38. The topological polar surface area (TPSA) is 53.0 Å². The van der Waals surface area contributed by atoms with Crippen LogP contribution in [0.25, 0.3) is 0 Å². The number of hydrogen-bond acceptors (Lipinski definition) is 3. The van der Waals surface area contributed by atoms with Gasteiger partial charge in [0.05, 0.1) is 17.2 Å². The summed E-state index contributed by atoms with van der Waals surface area (Å²) < 4.78 is 41.1. The highest BCUT2D eigenvalue weighted by Gasteiger charge is 2.40. The second kappa shape index (κ2) is 7.81. The zero-order valence-corrected chi connectivity index (χ0v) is 16.1. The molecule has 4 rings (SSSR count). The van der Waals surface area contributed by atoms with Crippen LogP contribution in [-0.4, -0.2) is 30.6 Å². The molecule has 3 unspecified atom stereocenters. The molecule has 0 bridgehead atoms. The molecule has 2 aliphatic rings. The molecule has 3 nitrogen and oxygen atoms in total. The fourth-order valence-corrected chi connectivity index (χ4v) is 4.97. The van der Waals surface area contributed by atoms with Gasteiger partial charge in [0.2, 0.25) is 0 Å². The van der Waals surface area contributed by atoms with E-state index in [2.05, 4.69) is 11.0 Å². The van der Waals surface area contributed by atoms with E-state index in [-0.39, 0.29) is 23.1 Å². The van der Waals surface area contributed by atoms with Crippen LogP contribution >= 0.6 is 0 Å². The van der Waals surface area contributed by atoms with Crippen LogP contribution in [0, 0.1) is 17.2 Å². The molecule has 0 spiro atoms. The Labute approximate surface area is 168 Å². The summed E-state index contributed by atoms with van der Waals surface area (Å²) in [4.78, 5) is 2.42. The highest BCUT2D eigenvalue weighted by Crippen LogP contribution is 2.42. The zero-order chi connectivity index (χ0) is 20.6. The molecule has 2 N–H and O–H groups in total. The van der Waals surface area contributed by atoms with Crippen molar-refractivity contribution in [3.05, 3.63) is 70.3 Å². The number of hydrogen-bond donors (Lipinski definition) is 1. The molecule has 0 saturated carbocycles. The Morgan fingerprint density at radius 3 is 2.66 bits per heavy atom. The first-order valence-corrected chi connectivity index (χ1v) is 10.0. The lowest BCUT2D eigenvalue weighted by molar-refractivity contribution is -0.138. The van der Waals surface area contributed by atoms with Crippen LogP contribution in [0.4, 0.5) is 13.2 Å². The van der Waals surface area contributed by atoms with Crippen molar-refractivity contribution in [2.24, 2.45) is 11.7 Å². The number of nitriles is 1. The Morgan fingerprint density at radius 2 is 1.97 bits per heavy atom. The standard InChI is InChI=1S/C23H24F3N3/c24-23(25,26)21-9-15(12-27)5-6-18(21)10-20-19-4-2-1-3-17(19)11-22(20)29-8-7-16(13-28)14-29/h1-6,9,16,20,22H,7-8,10-11,13-14,28H2. The van der Waals surface area contributed by atoms with Crippen molar-refractivity contribution in [1.29, 1.82) is 5.26 Å². The third-order valence-corrected chi connectivity index (χ3v) is 6.45. The molecule has 152 valence electrons. The van der Waals surface area contributed by atoms with E-state index in [1.165, 1.54) is 17.7 Å². The van der Waals surface area contributed by atoms with Gasteiger partial charge in [-0.05, 0) is 67.1 Å². The average molecular weight is 399 g/mol. The van der Waals surface area contributed by atoms with E-state index in [9.17, 15) is 13.2 Å². The van der Waals surface area contributed by atoms with Crippen LogP contribution in [0.2, 0.25) is 0 Å². The lowest BCUT2D eigenvalue weighted by Gasteiger charge is -2.31. The SMILES string of the molecule is N#Cc1ccc(CC2c3ccccc3CC2N2CCC(CN)C2)c(C(F)(F)F)c1. The van der Waals surface area contributed by atoms with Crippen LogP contribution < -0.4 is 5.73 Å². The van der Waals surface area contributed by atoms with Crippen molar-refractivity contribution < 1.29 is 13.2 Å². The summed E-state index contributed by atoms with van der Waals surface area (Å²) in [6.07, 6.45) is -2.27. The lowest BCUT2D eigenvalue weighted by atomic mass is 9.87. The molecule has 0 amide bonds. The normalized spacial score (nSPS) is 24.4. The van der Waals surface area contributed by atoms with E-state index in [1.54, 1.807) is 0 Å². The van der Waals surface area contributed by atoms with E-state index in [4.69, 9.17) is 11.0 Å². The van der Waals surface area contributed by atoms with E-state index in [0.717, 1.165) is 37.6 Å². The second-order valence-corrected chi connectivity index (χ2v) is 8.15. The maximum Gasteiger partial charge on any atom is 0.416 e. The Bertz CT molecular complexity index is 932. The molecule has 2 aromatic carbocycles. The molecule has 0 aromatic heterocycles. The number of benzene rings is 2. The second-order valence-electron chi connectivity index (χ2n) is 8.15. The molecular weight excluding hydrogens is 375 g/mol. The molecule has 29 heavy (non-hydrogen) atoms. The van der Waals surface area contributed by atoms with Gasteiger partial charge in [0, 0.05) is 18.5 Å². The van der Waals surface area contributed by atoms with Gasteiger partial charge < -0.3 is 5.73 Å². The van der Waals surface area contributed by atoms with Gasteiger partial charge in [0.15, 0.2) is 0 Å². The van der Waals surface area contributed by atoms with Crippen molar-refractivity contribution in [3.63, 3.8) is 0 Å². The van der Waals surface area contributed by atoms with Gasteiger partial charge in [-0.25, -0.2) is 0 Å². The minimum atomic E-state index is -4.48. The molecule has 0 radical (unpaired) electrons. The third-order valence-electron chi connectivity index (χ3n) is 6.45. The smallest absolute Gasteiger partial charge is 0.330 e. The number of alkyl halides is 3. The zero-order valence-electron chi connectivity index (χ0n) is 16.1. The number of halogens is 3. The summed E-state index contributed by atoms with van der Waals surface area (Å²) in [5.74, 6) is 0.455.